The Morgan fingerprint density at radius 2 is 1.86 bits per heavy atom. The van der Waals surface area contributed by atoms with Gasteiger partial charge in [0.15, 0.2) is 5.78 Å². The molecular weight excluding hydrogens is 381 g/mol. The lowest BCUT2D eigenvalue weighted by Gasteiger charge is -2.23. The Morgan fingerprint density at radius 3 is 2.61 bits per heavy atom. The van der Waals surface area contributed by atoms with Gasteiger partial charge in [0.1, 0.15) is 5.82 Å². The molecule has 1 aliphatic carbocycles. The Morgan fingerprint density at radius 1 is 1.11 bits per heavy atom. The summed E-state index contributed by atoms with van der Waals surface area (Å²) in [7, 11) is 0. The zero-order valence-electron chi connectivity index (χ0n) is 14.7. The number of Topliss-reactive ketones (excluding diaryl/α,β-unsaturated/α-hetero) is 1. The van der Waals surface area contributed by atoms with Gasteiger partial charge >= 0.3 is 0 Å². The zero-order chi connectivity index (χ0) is 19.7. The minimum Gasteiger partial charge on any atom is -0.294 e. The Labute approximate surface area is 165 Å². The molecule has 0 saturated carbocycles. The average Bonchev–Trinajstić information content (AvgIpc) is 2.68. The Bertz CT molecular complexity index is 1070. The minimum atomic E-state index is -0.428. The molecule has 28 heavy (non-hydrogen) atoms. The number of rotatable bonds is 3. The molecule has 7 heteroatoms. The first-order chi connectivity index (χ1) is 13.5. The van der Waals surface area contributed by atoms with Gasteiger partial charge in [0.2, 0.25) is 5.95 Å². The summed E-state index contributed by atoms with van der Waals surface area (Å²) in [5, 5.41) is 2.94. The molecule has 0 bridgehead atoms. The molecule has 0 aliphatic heterocycles. The summed E-state index contributed by atoms with van der Waals surface area (Å²) >= 11 is 6.04. The number of amides is 1. The van der Waals surface area contributed by atoms with Crippen molar-refractivity contribution in [3.63, 3.8) is 0 Å². The van der Waals surface area contributed by atoms with E-state index < -0.39 is 5.91 Å². The Kier molecular flexibility index (Phi) is 4.88. The van der Waals surface area contributed by atoms with Crippen LogP contribution in [0.25, 0.3) is 0 Å². The van der Waals surface area contributed by atoms with Gasteiger partial charge in [0.25, 0.3) is 5.91 Å². The molecule has 0 radical (unpaired) electrons. The van der Waals surface area contributed by atoms with Crippen molar-refractivity contribution in [3.8, 4) is 0 Å². The predicted octanol–water partition coefficient (Wildman–Crippen LogP) is 4.43. The van der Waals surface area contributed by atoms with Gasteiger partial charge in [0, 0.05) is 12.6 Å². The van der Waals surface area contributed by atoms with Crippen LogP contribution in [-0.2, 0) is 6.42 Å². The number of nitrogens with one attached hydrogen (secondary N) is 1. The third-order valence-electron chi connectivity index (χ3n) is 4.72. The van der Waals surface area contributed by atoms with E-state index in [1.54, 1.807) is 36.4 Å². The van der Waals surface area contributed by atoms with Gasteiger partial charge in [-0.3, -0.25) is 14.9 Å². The van der Waals surface area contributed by atoms with Crippen molar-refractivity contribution in [2.45, 2.75) is 18.8 Å². The largest absolute Gasteiger partial charge is 0.294 e. The van der Waals surface area contributed by atoms with Gasteiger partial charge in [-0.1, -0.05) is 35.9 Å². The number of fused-ring (bicyclic) bond motifs is 1. The molecule has 4 rings (SSSR count). The summed E-state index contributed by atoms with van der Waals surface area (Å²) in [5.74, 6) is -0.806. The molecule has 0 unspecified atom stereocenters. The molecule has 140 valence electrons. The second-order valence-corrected chi connectivity index (χ2v) is 6.98. The molecule has 1 aromatic heterocycles. The lowest BCUT2D eigenvalue weighted by molar-refractivity contribution is 0.0962. The molecule has 3 aromatic rings. The maximum atomic E-state index is 13.2. The first-order valence-corrected chi connectivity index (χ1v) is 9.09. The smallest absolute Gasteiger partial charge is 0.259 e. The lowest BCUT2D eigenvalue weighted by atomic mass is 9.82. The fourth-order valence-corrected chi connectivity index (χ4v) is 3.51. The van der Waals surface area contributed by atoms with Crippen LogP contribution in [0.5, 0.6) is 0 Å². The van der Waals surface area contributed by atoms with E-state index in [0.29, 0.717) is 34.7 Å². The van der Waals surface area contributed by atoms with Gasteiger partial charge in [0.05, 0.1) is 21.8 Å². The van der Waals surface area contributed by atoms with Crippen molar-refractivity contribution in [3.05, 3.63) is 88.0 Å². The summed E-state index contributed by atoms with van der Waals surface area (Å²) in [5.41, 5.74) is 2.20. The first kappa shape index (κ1) is 18.3. The number of benzene rings is 2. The number of halogens is 2. The van der Waals surface area contributed by atoms with E-state index in [4.69, 9.17) is 11.6 Å². The summed E-state index contributed by atoms with van der Waals surface area (Å²) in [4.78, 5) is 33.3. The Balaban J connectivity index is 1.58. The van der Waals surface area contributed by atoms with E-state index in [9.17, 15) is 14.0 Å². The van der Waals surface area contributed by atoms with Crippen LogP contribution in [0.4, 0.5) is 10.3 Å². The van der Waals surface area contributed by atoms with Crippen LogP contribution in [0.15, 0.2) is 54.7 Å². The molecular formula is C21H15ClFN3O2. The van der Waals surface area contributed by atoms with Gasteiger partial charge < -0.3 is 0 Å². The molecule has 1 amide bonds. The van der Waals surface area contributed by atoms with Crippen LogP contribution in [0, 0.1) is 5.82 Å². The molecule has 1 heterocycles. The highest BCUT2D eigenvalue weighted by molar-refractivity contribution is 6.34. The molecule has 0 spiro atoms. The van der Waals surface area contributed by atoms with Gasteiger partial charge in [-0.2, -0.15) is 0 Å². The summed E-state index contributed by atoms with van der Waals surface area (Å²) in [6.07, 6.45) is 2.26. The van der Waals surface area contributed by atoms with Gasteiger partial charge in [-0.15, -0.1) is 0 Å². The molecule has 1 atom stereocenters. The van der Waals surface area contributed by atoms with Crippen LogP contribution in [-0.4, -0.2) is 21.7 Å². The quantitative estimate of drug-likeness (QED) is 0.711. The lowest BCUT2D eigenvalue weighted by Crippen LogP contribution is -2.22. The minimum absolute atomic E-state index is 0.0699. The highest BCUT2D eigenvalue weighted by Crippen LogP contribution is 2.32. The summed E-state index contributed by atoms with van der Waals surface area (Å²) in [6, 6.07) is 12.8. The van der Waals surface area contributed by atoms with Crippen molar-refractivity contribution >= 4 is 29.2 Å². The zero-order valence-corrected chi connectivity index (χ0v) is 15.4. The monoisotopic (exact) mass is 395 g/mol. The van der Waals surface area contributed by atoms with E-state index in [1.807, 2.05) is 0 Å². The van der Waals surface area contributed by atoms with E-state index in [0.717, 1.165) is 5.56 Å². The average molecular weight is 396 g/mol. The SMILES string of the molecule is O=C(Nc1ncc2c(n1)C[C@@H](c1ccc(F)cc1)CC2=O)c1ccccc1Cl. The maximum absolute atomic E-state index is 13.2. The van der Waals surface area contributed by atoms with Gasteiger partial charge in [-0.25, -0.2) is 14.4 Å². The van der Waals surface area contributed by atoms with Crippen molar-refractivity contribution < 1.29 is 14.0 Å². The van der Waals surface area contributed by atoms with E-state index in [2.05, 4.69) is 15.3 Å². The number of carbonyl (C=O) groups is 2. The Hall–Kier alpha value is -3.12. The molecule has 0 fully saturated rings. The first-order valence-electron chi connectivity index (χ1n) is 8.71. The summed E-state index contributed by atoms with van der Waals surface area (Å²) < 4.78 is 13.2. The normalized spacial score (nSPS) is 15.8. The van der Waals surface area contributed by atoms with E-state index in [-0.39, 0.29) is 23.5 Å². The number of hydrogen-bond donors (Lipinski definition) is 1. The number of anilines is 1. The molecule has 0 saturated heterocycles. The predicted molar refractivity (Wildman–Crippen MR) is 103 cm³/mol. The van der Waals surface area contributed by atoms with Crippen molar-refractivity contribution in [2.75, 3.05) is 5.32 Å². The van der Waals surface area contributed by atoms with Crippen LogP contribution < -0.4 is 5.32 Å². The van der Waals surface area contributed by atoms with Crippen molar-refractivity contribution in [1.82, 2.24) is 9.97 Å². The molecule has 5 nitrogen and oxygen atoms in total. The van der Waals surface area contributed by atoms with Crippen LogP contribution >= 0.6 is 11.6 Å². The second-order valence-electron chi connectivity index (χ2n) is 6.57. The van der Waals surface area contributed by atoms with Gasteiger partial charge in [-0.05, 0) is 42.2 Å². The highest BCUT2D eigenvalue weighted by atomic mass is 35.5. The van der Waals surface area contributed by atoms with Crippen LogP contribution in [0.2, 0.25) is 5.02 Å². The molecule has 2 aromatic carbocycles. The third kappa shape index (κ3) is 3.64. The fourth-order valence-electron chi connectivity index (χ4n) is 3.29. The molecule has 1 aliphatic rings. The molecule has 1 N–H and O–H groups in total. The topological polar surface area (TPSA) is 72.0 Å². The number of ketones is 1. The van der Waals surface area contributed by atoms with E-state index >= 15 is 0 Å². The van der Waals surface area contributed by atoms with Crippen molar-refractivity contribution in [2.24, 2.45) is 0 Å². The van der Waals surface area contributed by atoms with E-state index in [1.165, 1.54) is 18.3 Å². The van der Waals surface area contributed by atoms with Crippen LogP contribution in [0.1, 0.15) is 44.3 Å². The summed E-state index contributed by atoms with van der Waals surface area (Å²) in [6.45, 7) is 0. The number of carbonyl (C=O) groups excluding carboxylic acids is 2. The van der Waals surface area contributed by atoms with Crippen molar-refractivity contribution in [1.29, 1.82) is 0 Å². The number of hydrogen-bond acceptors (Lipinski definition) is 4. The standard InChI is InChI=1S/C21H15ClFN3O2/c22-17-4-2-1-3-15(17)20(28)26-21-24-11-16-18(25-21)9-13(10-19(16)27)12-5-7-14(23)8-6-12/h1-8,11,13H,9-10H2,(H,24,25,26,28)/t13-/m1/s1. The third-order valence-corrected chi connectivity index (χ3v) is 5.05. The maximum Gasteiger partial charge on any atom is 0.259 e. The number of nitrogens with zero attached hydrogens (tertiary/aromatic N) is 2. The second kappa shape index (κ2) is 7.48. The fraction of sp³-hybridized carbons (Fsp3) is 0.143. The highest BCUT2D eigenvalue weighted by Gasteiger charge is 2.28. The number of aromatic nitrogens is 2. The van der Waals surface area contributed by atoms with Crippen LogP contribution in [0.3, 0.4) is 0 Å².